The first-order valence-electron chi connectivity index (χ1n) is 10.0. The minimum absolute atomic E-state index is 0.0103. The number of aryl methyl sites for hydroxylation is 2. The SMILES string of the molecule is COc1cccc([C@@H]2C(S(=O)(=O)c3ccc(C)cc3)=C(O)C(=O)N2c2ccc(C)cc2)c1. The van der Waals surface area contributed by atoms with E-state index in [4.69, 9.17) is 4.74 Å². The fourth-order valence-electron chi connectivity index (χ4n) is 3.79. The van der Waals surface area contributed by atoms with Crippen molar-refractivity contribution in [3.8, 4) is 5.75 Å². The molecule has 4 rings (SSSR count). The molecule has 0 bridgehead atoms. The van der Waals surface area contributed by atoms with E-state index in [1.54, 1.807) is 48.5 Å². The lowest BCUT2D eigenvalue weighted by Gasteiger charge is -2.27. The Bertz CT molecular complexity index is 1310. The minimum atomic E-state index is -4.18. The Labute approximate surface area is 187 Å². The summed E-state index contributed by atoms with van der Waals surface area (Å²) in [5.41, 5.74) is 2.88. The Balaban J connectivity index is 1.94. The Morgan fingerprint density at radius 3 is 2.09 bits per heavy atom. The summed E-state index contributed by atoms with van der Waals surface area (Å²) in [6, 6.07) is 19.2. The van der Waals surface area contributed by atoms with E-state index in [1.807, 2.05) is 26.0 Å². The number of anilines is 1. The molecule has 3 aromatic carbocycles. The van der Waals surface area contributed by atoms with Gasteiger partial charge in [0.05, 0.1) is 12.0 Å². The highest BCUT2D eigenvalue weighted by molar-refractivity contribution is 7.95. The Hall–Kier alpha value is -3.58. The van der Waals surface area contributed by atoms with Crippen molar-refractivity contribution in [2.45, 2.75) is 24.8 Å². The molecule has 0 unspecified atom stereocenters. The molecular weight excluding hydrogens is 426 g/mol. The van der Waals surface area contributed by atoms with Crippen LogP contribution in [0.15, 0.2) is 88.4 Å². The van der Waals surface area contributed by atoms with E-state index in [0.29, 0.717) is 17.0 Å². The van der Waals surface area contributed by atoms with E-state index >= 15 is 0 Å². The lowest BCUT2D eigenvalue weighted by Crippen LogP contribution is -2.31. The predicted octanol–water partition coefficient (Wildman–Crippen LogP) is 4.64. The number of methoxy groups -OCH3 is 1. The van der Waals surface area contributed by atoms with Crippen LogP contribution in [0.4, 0.5) is 5.69 Å². The van der Waals surface area contributed by atoms with Crippen molar-refractivity contribution in [3.05, 3.63) is 100 Å². The van der Waals surface area contributed by atoms with Crippen molar-refractivity contribution in [2.75, 3.05) is 12.0 Å². The first-order valence-corrected chi connectivity index (χ1v) is 11.5. The second-order valence-electron chi connectivity index (χ2n) is 7.72. The number of aliphatic hydroxyl groups is 1. The first-order chi connectivity index (χ1) is 15.2. The molecule has 6 nitrogen and oxygen atoms in total. The molecule has 1 aliphatic rings. The van der Waals surface area contributed by atoms with Gasteiger partial charge >= 0.3 is 0 Å². The molecule has 0 radical (unpaired) electrons. The normalized spacial score (nSPS) is 16.5. The minimum Gasteiger partial charge on any atom is -0.502 e. The van der Waals surface area contributed by atoms with Crippen molar-refractivity contribution >= 4 is 21.4 Å². The zero-order valence-corrected chi connectivity index (χ0v) is 18.8. The third-order valence-corrected chi connectivity index (χ3v) is 7.39. The van der Waals surface area contributed by atoms with E-state index in [2.05, 4.69) is 0 Å². The quantitative estimate of drug-likeness (QED) is 0.613. The number of ether oxygens (including phenoxy) is 1. The van der Waals surface area contributed by atoms with Crippen LogP contribution in [0.3, 0.4) is 0 Å². The van der Waals surface area contributed by atoms with Crippen molar-refractivity contribution in [2.24, 2.45) is 0 Å². The number of nitrogens with zero attached hydrogens (tertiary/aromatic N) is 1. The van der Waals surface area contributed by atoms with Gasteiger partial charge in [-0.25, -0.2) is 8.42 Å². The van der Waals surface area contributed by atoms with Crippen molar-refractivity contribution in [1.82, 2.24) is 0 Å². The molecule has 1 atom stereocenters. The maximum absolute atomic E-state index is 13.6. The molecule has 1 N–H and O–H groups in total. The summed E-state index contributed by atoms with van der Waals surface area (Å²) in [6.07, 6.45) is 0. The van der Waals surface area contributed by atoms with Gasteiger partial charge in [-0.15, -0.1) is 0 Å². The fourth-order valence-corrected chi connectivity index (χ4v) is 5.41. The summed E-state index contributed by atoms with van der Waals surface area (Å²) in [6.45, 7) is 3.77. The molecule has 1 aliphatic heterocycles. The second kappa shape index (κ2) is 8.16. The van der Waals surface area contributed by atoms with Crippen LogP contribution in [0.2, 0.25) is 0 Å². The molecular formula is C25H23NO5S. The maximum Gasteiger partial charge on any atom is 0.295 e. The third kappa shape index (κ3) is 3.65. The highest BCUT2D eigenvalue weighted by Crippen LogP contribution is 2.45. The molecule has 0 aliphatic carbocycles. The standard InChI is InChI=1S/C25H23NO5S/c1-16-7-11-19(12-8-16)26-22(18-5-4-6-20(15-18)31-3)24(23(27)25(26)28)32(29,30)21-13-9-17(2)10-14-21/h4-15,22,27H,1-3H3/t22-/m1/s1. The van der Waals surface area contributed by atoms with Crippen LogP contribution in [0, 0.1) is 13.8 Å². The molecule has 0 saturated heterocycles. The van der Waals surface area contributed by atoms with E-state index < -0.39 is 27.5 Å². The molecule has 7 heteroatoms. The molecule has 164 valence electrons. The van der Waals surface area contributed by atoms with E-state index in [9.17, 15) is 18.3 Å². The summed E-state index contributed by atoms with van der Waals surface area (Å²) >= 11 is 0. The van der Waals surface area contributed by atoms with Gasteiger partial charge in [0, 0.05) is 5.69 Å². The second-order valence-corrected chi connectivity index (χ2v) is 9.64. The van der Waals surface area contributed by atoms with Crippen molar-refractivity contribution < 1.29 is 23.1 Å². The van der Waals surface area contributed by atoms with Gasteiger partial charge in [0.2, 0.25) is 9.84 Å². The third-order valence-electron chi connectivity index (χ3n) is 5.50. The van der Waals surface area contributed by atoms with Gasteiger partial charge in [-0.1, -0.05) is 47.5 Å². The highest BCUT2D eigenvalue weighted by atomic mass is 32.2. The van der Waals surface area contributed by atoms with Crippen LogP contribution >= 0.6 is 0 Å². The average Bonchev–Trinajstić information content (AvgIpc) is 3.06. The molecule has 1 amide bonds. The predicted molar refractivity (Wildman–Crippen MR) is 122 cm³/mol. The highest BCUT2D eigenvalue weighted by Gasteiger charge is 2.47. The maximum atomic E-state index is 13.6. The van der Waals surface area contributed by atoms with Crippen LogP contribution in [0.5, 0.6) is 5.75 Å². The average molecular weight is 450 g/mol. The van der Waals surface area contributed by atoms with Crippen molar-refractivity contribution in [1.29, 1.82) is 0 Å². The topological polar surface area (TPSA) is 83.9 Å². The largest absolute Gasteiger partial charge is 0.502 e. The Morgan fingerprint density at radius 1 is 0.906 bits per heavy atom. The molecule has 0 spiro atoms. The summed E-state index contributed by atoms with van der Waals surface area (Å²) in [5, 5.41) is 10.8. The summed E-state index contributed by atoms with van der Waals surface area (Å²) in [4.78, 5) is 14.2. The number of hydrogen-bond donors (Lipinski definition) is 1. The summed E-state index contributed by atoms with van der Waals surface area (Å²) in [5.74, 6) is -1.04. The number of benzene rings is 3. The van der Waals surface area contributed by atoms with Crippen LogP contribution in [0.1, 0.15) is 22.7 Å². The molecule has 0 fully saturated rings. The van der Waals surface area contributed by atoms with Crippen LogP contribution in [0.25, 0.3) is 0 Å². The van der Waals surface area contributed by atoms with Crippen LogP contribution in [-0.2, 0) is 14.6 Å². The van der Waals surface area contributed by atoms with Crippen LogP contribution in [-0.4, -0.2) is 26.5 Å². The zero-order chi connectivity index (χ0) is 23.0. The number of amides is 1. The number of hydrogen-bond acceptors (Lipinski definition) is 5. The molecule has 3 aromatic rings. The fraction of sp³-hybridized carbons (Fsp3) is 0.160. The number of aliphatic hydroxyl groups excluding tert-OH is 1. The number of rotatable bonds is 5. The molecule has 0 saturated carbocycles. The van der Waals surface area contributed by atoms with Gasteiger partial charge in [0.15, 0.2) is 5.76 Å². The number of sulfone groups is 1. The summed E-state index contributed by atoms with van der Waals surface area (Å²) in [7, 11) is -2.67. The molecule has 0 aromatic heterocycles. The Kier molecular flexibility index (Phi) is 5.52. The lowest BCUT2D eigenvalue weighted by atomic mass is 10.1. The van der Waals surface area contributed by atoms with E-state index in [0.717, 1.165) is 11.1 Å². The smallest absolute Gasteiger partial charge is 0.295 e. The molecule has 1 heterocycles. The summed E-state index contributed by atoms with van der Waals surface area (Å²) < 4.78 is 32.6. The number of carbonyl (C=O) groups is 1. The van der Waals surface area contributed by atoms with Crippen molar-refractivity contribution in [3.63, 3.8) is 0 Å². The lowest BCUT2D eigenvalue weighted by molar-refractivity contribution is -0.117. The van der Waals surface area contributed by atoms with E-state index in [1.165, 1.54) is 24.1 Å². The van der Waals surface area contributed by atoms with Gasteiger partial charge < -0.3 is 9.84 Å². The first kappa shape index (κ1) is 21.6. The van der Waals surface area contributed by atoms with Crippen LogP contribution < -0.4 is 9.64 Å². The van der Waals surface area contributed by atoms with Gasteiger partial charge in [-0.05, 0) is 55.8 Å². The molecule has 32 heavy (non-hydrogen) atoms. The number of carbonyl (C=O) groups excluding carboxylic acids is 1. The van der Waals surface area contributed by atoms with Gasteiger partial charge in [0.1, 0.15) is 16.7 Å². The van der Waals surface area contributed by atoms with Gasteiger partial charge in [0.25, 0.3) is 5.91 Å². The van der Waals surface area contributed by atoms with Gasteiger partial charge in [-0.3, -0.25) is 9.69 Å². The van der Waals surface area contributed by atoms with Gasteiger partial charge in [-0.2, -0.15) is 0 Å². The van der Waals surface area contributed by atoms with E-state index in [-0.39, 0.29) is 9.80 Å². The monoisotopic (exact) mass is 449 g/mol. The Morgan fingerprint density at radius 2 is 1.50 bits per heavy atom. The zero-order valence-electron chi connectivity index (χ0n) is 17.9.